The fourth-order valence-corrected chi connectivity index (χ4v) is 1.29. The summed E-state index contributed by atoms with van der Waals surface area (Å²) in [4.78, 5) is 30.4. The number of aromatic nitrogens is 4. The highest BCUT2D eigenvalue weighted by Crippen LogP contribution is 2.07. The maximum atomic E-state index is 11.8. The quantitative estimate of drug-likeness (QED) is 0.590. The zero-order valence-corrected chi connectivity index (χ0v) is 9.97. The Kier molecular flexibility index (Phi) is 3.37. The molecule has 2 rings (SSSR count). The van der Waals surface area contributed by atoms with Gasteiger partial charge in [-0.25, -0.2) is 4.98 Å². The molecule has 2 amide bonds. The fourth-order valence-electron chi connectivity index (χ4n) is 1.29. The zero-order chi connectivity index (χ0) is 13.8. The first-order chi connectivity index (χ1) is 9.10. The van der Waals surface area contributed by atoms with E-state index < -0.39 is 11.8 Å². The molecule has 2 aromatic rings. The van der Waals surface area contributed by atoms with Crippen molar-refractivity contribution in [3.05, 3.63) is 29.8 Å². The molecule has 0 saturated heterocycles. The van der Waals surface area contributed by atoms with Crippen LogP contribution in [0.3, 0.4) is 0 Å². The molecule has 0 aromatic carbocycles. The molecule has 0 unspecified atom stereocenters. The van der Waals surface area contributed by atoms with Gasteiger partial charge in [-0.2, -0.15) is 5.10 Å². The van der Waals surface area contributed by atoms with Crippen molar-refractivity contribution in [3.8, 4) is 0 Å². The van der Waals surface area contributed by atoms with E-state index in [-0.39, 0.29) is 17.2 Å². The summed E-state index contributed by atoms with van der Waals surface area (Å²) in [6.07, 6.45) is 2.52. The molecule has 0 spiro atoms. The van der Waals surface area contributed by atoms with Gasteiger partial charge in [-0.3, -0.25) is 19.7 Å². The number of nitrogens with one attached hydrogen (secondary N) is 3. The number of anilines is 2. The zero-order valence-electron chi connectivity index (χ0n) is 9.97. The summed E-state index contributed by atoms with van der Waals surface area (Å²) in [5.41, 5.74) is 5.28. The monoisotopic (exact) mass is 261 g/mol. The van der Waals surface area contributed by atoms with E-state index in [0.29, 0.717) is 5.82 Å². The van der Waals surface area contributed by atoms with Crippen molar-refractivity contribution in [1.29, 1.82) is 0 Å². The Morgan fingerprint density at radius 2 is 2.11 bits per heavy atom. The van der Waals surface area contributed by atoms with Crippen LogP contribution in [0.5, 0.6) is 0 Å². The second-order valence-corrected chi connectivity index (χ2v) is 3.52. The topological polar surface area (TPSA) is 139 Å². The Hall–Kier alpha value is -2.97. The number of nitrogens with zero attached hydrogens (tertiary/aromatic N) is 3. The molecule has 0 saturated carbocycles. The van der Waals surface area contributed by atoms with Crippen LogP contribution in [0.25, 0.3) is 0 Å². The van der Waals surface area contributed by atoms with Crippen LogP contribution in [0.1, 0.15) is 21.0 Å². The maximum Gasteiger partial charge on any atom is 0.274 e. The second-order valence-electron chi connectivity index (χ2n) is 3.52. The Bertz CT molecular complexity index is 622. The number of carbonyl (C=O) groups is 2. The molecule has 0 aliphatic rings. The predicted molar refractivity (Wildman–Crippen MR) is 66.6 cm³/mol. The Balaban J connectivity index is 2.14. The van der Waals surface area contributed by atoms with E-state index >= 15 is 0 Å². The van der Waals surface area contributed by atoms with Gasteiger partial charge in [0, 0.05) is 13.1 Å². The van der Waals surface area contributed by atoms with Gasteiger partial charge in [0.15, 0.2) is 5.82 Å². The van der Waals surface area contributed by atoms with Crippen molar-refractivity contribution in [1.82, 2.24) is 20.2 Å². The average molecular weight is 261 g/mol. The van der Waals surface area contributed by atoms with E-state index in [1.807, 2.05) is 0 Å². The number of rotatable bonds is 4. The highest BCUT2D eigenvalue weighted by atomic mass is 16.2. The third kappa shape index (κ3) is 2.83. The largest absolute Gasteiger partial charge is 0.372 e. The first-order valence-electron chi connectivity index (χ1n) is 5.26. The van der Waals surface area contributed by atoms with Crippen LogP contribution in [0.15, 0.2) is 18.5 Å². The van der Waals surface area contributed by atoms with E-state index in [1.165, 1.54) is 18.5 Å². The molecular formula is C10H11N7O2. The number of nitrogens with two attached hydrogens (primary N) is 1. The van der Waals surface area contributed by atoms with Crippen LogP contribution in [0.2, 0.25) is 0 Å². The molecule has 9 heteroatoms. The van der Waals surface area contributed by atoms with E-state index in [0.717, 1.165) is 0 Å². The van der Waals surface area contributed by atoms with Crippen molar-refractivity contribution in [2.45, 2.75) is 0 Å². The van der Waals surface area contributed by atoms with E-state index in [1.54, 1.807) is 7.05 Å². The van der Waals surface area contributed by atoms with Crippen molar-refractivity contribution >= 4 is 23.5 Å². The van der Waals surface area contributed by atoms with Crippen molar-refractivity contribution in [3.63, 3.8) is 0 Å². The third-order valence-electron chi connectivity index (χ3n) is 2.21. The molecule has 98 valence electrons. The van der Waals surface area contributed by atoms with Gasteiger partial charge in [-0.1, -0.05) is 0 Å². The number of amides is 2. The van der Waals surface area contributed by atoms with E-state index in [2.05, 4.69) is 30.8 Å². The van der Waals surface area contributed by atoms with Crippen LogP contribution in [0.4, 0.5) is 11.6 Å². The second kappa shape index (κ2) is 5.12. The van der Waals surface area contributed by atoms with Crippen LogP contribution in [0, 0.1) is 0 Å². The molecule has 2 heterocycles. The summed E-state index contributed by atoms with van der Waals surface area (Å²) in [6.45, 7) is 0. The van der Waals surface area contributed by atoms with Gasteiger partial charge in [0.05, 0.1) is 12.4 Å². The third-order valence-corrected chi connectivity index (χ3v) is 2.21. The van der Waals surface area contributed by atoms with Crippen LogP contribution in [-0.2, 0) is 0 Å². The molecule has 0 aliphatic heterocycles. The lowest BCUT2D eigenvalue weighted by Gasteiger charge is -2.02. The number of carbonyl (C=O) groups excluding carboxylic acids is 2. The highest BCUT2D eigenvalue weighted by Gasteiger charge is 2.11. The van der Waals surface area contributed by atoms with Gasteiger partial charge >= 0.3 is 0 Å². The lowest BCUT2D eigenvalue weighted by atomic mass is 10.4. The summed E-state index contributed by atoms with van der Waals surface area (Å²) in [6, 6.07) is 1.53. The minimum Gasteiger partial charge on any atom is -0.372 e. The Morgan fingerprint density at radius 3 is 2.74 bits per heavy atom. The molecule has 0 atom stereocenters. The first kappa shape index (κ1) is 12.5. The summed E-state index contributed by atoms with van der Waals surface area (Å²) in [5, 5.41) is 11.6. The van der Waals surface area contributed by atoms with E-state index in [9.17, 15) is 9.59 Å². The normalized spacial score (nSPS) is 9.95. The standard InChI is InChI=1S/C10H11N7O2/c1-12-7-2-5(16-17-7)10(19)15-8-4-13-3-6(14-8)9(11)18/h2-4H,1H3,(H2,11,18)(H2,12,16,17)(H,14,15,19). The molecule has 0 aliphatic carbocycles. The SMILES string of the molecule is CNc1cc(C(=O)Nc2cncc(C(N)=O)n2)[nH]n1. The van der Waals surface area contributed by atoms with Crippen LogP contribution < -0.4 is 16.4 Å². The number of hydrogen-bond acceptors (Lipinski definition) is 6. The minimum atomic E-state index is -0.720. The summed E-state index contributed by atoms with van der Waals surface area (Å²) >= 11 is 0. The van der Waals surface area contributed by atoms with Gasteiger partial charge in [0.2, 0.25) is 0 Å². The minimum absolute atomic E-state index is 0.0293. The lowest BCUT2D eigenvalue weighted by Crippen LogP contribution is -2.17. The molecular weight excluding hydrogens is 250 g/mol. The maximum absolute atomic E-state index is 11.8. The molecule has 2 aromatic heterocycles. The van der Waals surface area contributed by atoms with Crippen molar-refractivity contribution in [2.75, 3.05) is 17.7 Å². The number of primary amides is 1. The van der Waals surface area contributed by atoms with Crippen molar-refractivity contribution < 1.29 is 9.59 Å². The summed E-state index contributed by atoms with van der Waals surface area (Å²) in [5.74, 6) is -0.517. The predicted octanol–water partition coefficient (Wildman–Crippen LogP) is -0.407. The summed E-state index contributed by atoms with van der Waals surface area (Å²) < 4.78 is 0. The molecule has 0 radical (unpaired) electrons. The molecule has 0 bridgehead atoms. The van der Waals surface area contributed by atoms with Crippen LogP contribution >= 0.6 is 0 Å². The number of aromatic amines is 1. The Morgan fingerprint density at radius 1 is 1.32 bits per heavy atom. The van der Waals surface area contributed by atoms with Gasteiger partial charge in [0.25, 0.3) is 11.8 Å². The first-order valence-corrected chi connectivity index (χ1v) is 5.26. The fraction of sp³-hybridized carbons (Fsp3) is 0.100. The van der Waals surface area contributed by atoms with Crippen molar-refractivity contribution in [2.24, 2.45) is 5.73 Å². The summed E-state index contributed by atoms with van der Waals surface area (Å²) in [7, 11) is 1.68. The number of hydrogen-bond donors (Lipinski definition) is 4. The molecule has 19 heavy (non-hydrogen) atoms. The molecule has 9 nitrogen and oxygen atoms in total. The van der Waals surface area contributed by atoms with Gasteiger partial charge in [-0.15, -0.1) is 0 Å². The van der Waals surface area contributed by atoms with Gasteiger partial charge in [-0.05, 0) is 0 Å². The number of H-pyrrole nitrogens is 1. The van der Waals surface area contributed by atoms with Gasteiger partial charge < -0.3 is 16.4 Å². The van der Waals surface area contributed by atoms with Crippen LogP contribution in [-0.4, -0.2) is 39.0 Å². The van der Waals surface area contributed by atoms with Gasteiger partial charge in [0.1, 0.15) is 17.2 Å². The highest BCUT2D eigenvalue weighted by molar-refractivity contribution is 6.03. The lowest BCUT2D eigenvalue weighted by molar-refractivity contribution is 0.0990. The smallest absolute Gasteiger partial charge is 0.274 e. The molecule has 5 N–H and O–H groups in total. The molecule has 0 fully saturated rings. The van der Waals surface area contributed by atoms with E-state index in [4.69, 9.17) is 5.73 Å². The Labute approximate surface area is 107 Å². The average Bonchev–Trinajstić information content (AvgIpc) is 2.88.